The maximum absolute atomic E-state index is 11.7. The quantitative estimate of drug-likeness (QED) is 0.671. The summed E-state index contributed by atoms with van der Waals surface area (Å²) in [7, 11) is 0. The van der Waals surface area contributed by atoms with Gasteiger partial charge in [-0.05, 0) is 12.5 Å². The standard InChI is InChI=1S/C11H18N4O2/c16-11(10-9-17-8-5-12-10)13-3-1-6-15-7-2-4-14-15/h2,4,7,10,12H,1,3,5-6,8-9H2,(H,13,16). The van der Waals surface area contributed by atoms with E-state index in [1.54, 1.807) is 6.20 Å². The van der Waals surface area contributed by atoms with Crippen molar-refractivity contribution in [3.63, 3.8) is 0 Å². The molecule has 0 aliphatic carbocycles. The van der Waals surface area contributed by atoms with Gasteiger partial charge in [0.2, 0.25) is 5.91 Å². The third kappa shape index (κ3) is 3.83. The van der Waals surface area contributed by atoms with Crippen molar-refractivity contribution in [2.75, 3.05) is 26.3 Å². The largest absolute Gasteiger partial charge is 0.378 e. The van der Waals surface area contributed by atoms with Crippen LogP contribution < -0.4 is 10.6 Å². The average Bonchev–Trinajstić information content (AvgIpc) is 2.88. The number of nitrogens with zero attached hydrogens (tertiary/aromatic N) is 2. The second-order valence-corrected chi connectivity index (χ2v) is 4.00. The Hall–Kier alpha value is -1.40. The molecule has 2 heterocycles. The van der Waals surface area contributed by atoms with E-state index in [1.807, 2.05) is 16.9 Å². The lowest BCUT2D eigenvalue weighted by molar-refractivity contribution is -0.125. The van der Waals surface area contributed by atoms with E-state index in [4.69, 9.17) is 4.74 Å². The van der Waals surface area contributed by atoms with Crippen molar-refractivity contribution in [3.05, 3.63) is 18.5 Å². The number of rotatable bonds is 5. The number of carbonyl (C=O) groups excluding carboxylic acids is 1. The molecule has 0 radical (unpaired) electrons. The van der Waals surface area contributed by atoms with Gasteiger partial charge in [0, 0.05) is 32.0 Å². The van der Waals surface area contributed by atoms with Crippen molar-refractivity contribution in [1.82, 2.24) is 20.4 Å². The molecule has 1 atom stereocenters. The smallest absolute Gasteiger partial charge is 0.239 e. The molecule has 0 bridgehead atoms. The fraction of sp³-hybridized carbons (Fsp3) is 0.636. The van der Waals surface area contributed by atoms with Crippen LogP contribution in [0.4, 0.5) is 0 Å². The maximum atomic E-state index is 11.7. The molecule has 0 spiro atoms. The predicted molar refractivity (Wildman–Crippen MR) is 62.5 cm³/mol. The Bertz CT molecular complexity index is 333. The summed E-state index contributed by atoms with van der Waals surface area (Å²) in [5, 5.41) is 10.1. The average molecular weight is 238 g/mol. The number of hydrogen-bond donors (Lipinski definition) is 2. The van der Waals surface area contributed by atoms with Crippen LogP contribution in [0, 0.1) is 0 Å². The molecule has 1 aliphatic rings. The Morgan fingerprint density at radius 1 is 1.65 bits per heavy atom. The fourth-order valence-corrected chi connectivity index (χ4v) is 1.74. The van der Waals surface area contributed by atoms with E-state index < -0.39 is 0 Å². The maximum Gasteiger partial charge on any atom is 0.239 e. The van der Waals surface area contributed by atoms with Gasteiger partial charge in [-0.2, -0.15) is 5.10 Å². The molecule has 1 fully saturated rings. The molecule has 1 saturated heterocycles. The summed E-state index contributed by atoms with van der Waals surface area (Å²) in [4.78, 5) is 11.7. The SMILES string of the molecule is O=C(NCCCn1cccn1)C1COCCN1. The molecule has 2 N–H and O–H groups in total. The van der Waals surface area contributed by atoms with Crippen molar-refractivity contribution in [3.8, 4) is 0 Å². The molecule has 0 saturated carbocycles. The van der Waals surface area contributed by atoms with Gasteiger partial charge < -0.3 is 15.4 Å². The van der Waals surface area contributed by atoms with Crippen LogP contribution in [0.1, 0.15) is 6.42 Å². The molecule has 1 unspecified atom stereocenters. The van der Waals surface area contributed by atoms with Gasteiger partial charge in [0.1, 0.15) is 6.04 Å². The zero-order valence-corrected chi connectivity index (χ0v) is 9.76. The van der Waals surface area contributed by atoms with Crippen LogP contribution in [0.2, 0.25) is 0 Å². The van der Waals surface area contributed by atoms with Crippen molar-refractivity contribution >= 4 is 5.91 Å². The van der Waals surface area contributed by atoms with Gasteiger partial charge in [0.15, 0.2) is 0 Å². The molecule has 6 nitrogen and oxygen atoms in total. The molecule has 17 heavy (non-hydrogen) atoms. The molecule has 6 heteroatoms. The Morgan fingerprint density at radius 3 is 3.29 bits per heavy atom. The highest BCUT2D eigenvalue weighted by molar-refractivity contribution is 5.81. The summed E-state index contributed by atoms with van der Waals surface area (Å²) in [6, 6.07) is 1.69. The summed E-state index contributed by atoms with van der Waals surface area (Å²) >= 11 is 0. The number of aryl methyl sites for hydroxylation is 1. The number of morpholine rings is 1. The van der Waals surface area contributed by atoms with Crippen LogP contribution >= 0.6 is 0 Å². The van der Waals surface area contributed by atoms with E-state index in [0.29, 0.717) is 19.8 Å². The molecule has 94 valence electrons. The van der Waals surface area contributed by atoms with Crippen molar-refractivity contribution < 1.29 is 9.53 Å². The number of nitrogens with one attached hydrogen (secondary N) is 2. The van der Waals surface area contributed by atoms with Crippen molar-refractivity contribution in [1.29, 1.82) is 0 Å². The number of hydrogen-bond acceptors (Lipinski definition) is 4. The van der Waals surface area contributed by atoms with Crippen LogP contribution in [0.5, 0.6) is 0 Å². The van der Waals surface area contributed by atoms with Gasteiger partial charge in [0.05, 0.1) is 13.2 Å². The Labute approximate surface area is 100 Å². The first-order valence-corrected chi connectivity index (χ1v) is 5.92. The first-order valence-electron chi connectivity index (χ1n) is 5.92. The van der Waals surface area contributed by atoms with E-state index in [1.165, 1.54) is 0 Å². The molecule has 1 aromatic heterocycles. The highest BCUT2D eigenvalue weighted by atomic mass is 16.5. The number of amides is 1. The highest BCUT2D eigenvalue weighted by Gasteiger charge is 2.20. The van der Waals surface area contributed by atoms with E-state index >= 15 is 0 Å². The molecule has 0 aromatic carbocycles. The monoisotopic (exact) mass is 238 g/mol. The number of carbonyl (C=O) groups is 1. The van der Waals surface area contributed by atoms with E-state index in [-0.39, 0.29) is 11.9 Å². The lowest BCUT2D eigenvalue weighted by Gasteiger charge is -2.22. The summed E-state index contributed by atoms with van der Waals surface area (Å²) < 4.78 is 7.09. The molecular formula is C11H18N4O2. The van der Waals surface area contributed by atoms with E-state index in [2.05, 4.69) is 15.7 Å². The van der Waals surface area contributed by atoms with Crippen LogP contribution in [-0.2, 0) is 16.1 Å². The Kier molecular flexibility index (Phi) is 4.52. The Balaban J connectivity index is 1.59. The molecular weight excluding hydrogens is 220 g/mol. The first-order chi connectivity index (χ1) is 8.36. The summed E-state index contributed by atoms with van der Waals surface area (Å²) in [6.07, 6.45) is 4.54. The van der Waals surface area contributed by atoms with Gasteiger partial charge >= 0.3 is 0 Å². The van der Waals surface area contributed by atoms with Crippen LogP contribution in [0.25, 0.3) is 0 Å². The first kappa shape index (κ1) is 12.1. The second-order valence-electron chi connectivity index (χ2n) is 4.00. The zero-order chi connectivity index (χ0) is 11.9. The lowest BCUT2D eigenvalue weighted by Crippen LogP contribution is -2.51. The number of aromatic nitrogens is 2. The van der Waals surface area contributed by atoms with E-state index in [9.17, 15) is 4.79 Å². The van der Waals surface area contributed by atoms with Gasteiger partial charge in [-0.25, -0.2) is 0 Å². The minimum Gasteiger partial charge on any atom is -0.378 e. The van der Waals surface area contributed by atoms with E-state index in [0.717, 1.165) is 19.5 Å². The highest BCUT2D eigenvalue weighted by Crippen LogP contribution is 1.93. The second kappa shape index (κ2) is 6.36. The zero-order valence-electron chi connectivity index (χ0n) is 9.76. The van der Waals surface area contributed by atoms with Gasteiger partial charge in [-0.3, -0.25) is 9.48 Å². The van der Waals surface area contributed by atoms with Crippen molar-refractivity contribution in [2.24, 2.45) is 0 Å². The van der Waals surface area contributed by atoms with Gasteiger partial charge in [-0.15, -0.1) is 0 Å². The third-order valence-corrected chi connectivity index (χ3v) is 2.66. The van der Waals surface area contributed by atoms with Crippen LogP contribution in [-0.4, -0.2) is 48.0 Å². The van der Waals surface area contributed by atoms with Crippen LogP contribution in [0.15, 0.2) is 18.5 Å². The summed E-state index contributed by atoms with van der Waals surface area (Å²) in [5.74, 6) is 0.0187. The minimum absolute atomic E-state index is 0.0187. The topological polar surface area (TPSA) is 68.2 Å². The normalized spacial score (nSPS) is 20.1. The summed E-state index contributed by atoms with van der Waals surface area (Å²) in [6.45, 7) is 3.37. The minimum atomic E-state index is -0.201. The molecule has 1 aliphatic heterocycles. The molecule has 1 amide bonds. The summed E-state index contributed by atoms with van der Waals surface area (Å²) in [5.41, 5.74) is 0. The van der Waals surface area contributed by atoms with Crippen LogP contribution in [0.3, 0.4) is 0 Å². The van der Waals surface area contributed by atoms with Gasteiger partial charge in [-0.1, -0.05) is 0 Å². The lowest BCUT2D eigenvalue weighted by atomic mass is 10.2. The molecule has 2 rings (SSSR count). The fourth-order valence-electron chi connectivity index (χ4n) is 1.74. The van der Waals surface area contributed by atoms with Gasteiger partial charge in [0.25, 0.3) is 0 Å². The number of ether oxygens (including phenoxy) is 1. The Morgan fingerprint density at radius 2 is 2.59 bits per heavy atom. The molecule has 1 aromatic rings. The predicted octanol–water partition coefficient (Wildman–Crippen LogP) is -0.622. The third-order valence-electron chi connectivity index (χ3n) is 2.66. The van der Waals surface area contributed by atoms with Crippen molar-refractivity contribution in [2.45, 2.75) is 19.0 Å².